The molecule has 0 saturated carbocycles. The largest absolute Gasteiger partial charge is 0.481 e. The monoisotopic (exact) mass is 345 g/mol. The number of rotatable bonds is 5. The van der Waals surface area contributed by atoms with Gasteiger partial charge in [-0.05, 0) is 12.1 Å². The molecule has 0 bridgehead atoms. The van der Waals surface area contributed by atoms with E-state index in [1.165, 1.54) is 4.80 Å². The van der Waals surface area contributed by atoms with Gasteiger partial charge in [0.15, 0.2) is 0 Å². The second-order valence-electron chi connectivity index (χ2n) is 5.85. The third-order valence-electron chi connectivity index (χ3n) is 4.02. The Morgan fingerprint density at radius 1 is 1.36 bits per heavy atom. The van der Waals surface area contributed by atoms with Gasteiger partial charge in [-0.3, -0.25) is 9.59 Å². The molecule has 1 saturated heterocycles. The molecule has 1 fully saturated rings. The number of aliphatic carboxylic acids is 1. The standard InChI is InChI=1S/C16H19N5O4/c1-11(16(24)20-7-8-25-13(10-20)9-14(22)23)21-18-15(17-19-21)12-5-3-2-4-6-12/h2-6,11,13H,7-10H2,1H3,(H,22,23)/t11-,13+/m0/s1. The molecule has 1 N–H and O–H groups in total. The second-order valence-corrected chi connectivity index (χ2v) is 5.85. The van der Waals surface area contributed by atoms with Gasteiger partial charge in [0.2, 0.25) is 11.7 Å². The molecule has 25 heavy (non-hydrogen) atoms. The van der Waals surface area contributed by atoms with Crippen molar-refractivity contribution in [2.24, 2.45) is 0 Å². The van der Waals surface area contributed by atoms with Crippen LogP contribution in [0.2, 0.25) is 0 Å². The number of morpholine rings is 1. The van der Waals surface area contributed by atoms with E-state index in [0.717, 1.165) is 5.56 Å². The van der Waals surface area contributed by atoms with Crippen molar-refractivity contribution in [1.82, 2.24) is 25.1 Å². The highest BCUT2D eigenvalue weighted by Crippen LogP contribution is 2.16. The number of carboxylic acid groups (broad SMARTS) is 1. The van der Waals surface area contributed by atoms with Crippen molar-refractivity contribution in [3.8, 4) is 11.4 Å². The summed E-state index contributed by atoms with van der Waals surface area (Å²) >= 11 is 0. The van der Waals surface area contributed by atoms with Crippen LogP contribution in [0.15, 0.2) is 30.3 Å². The van der Waals surface area contributed by atoms with E-state index >= 15 is 0 Å². The Morgan fingerprint density at radius 2 is 2.12 bits per heavy atom. The molecule has 0 unspecified atom stereocenters. The first-order valence-electron chi connectivity index (χ1n) is 8.01. The number of tetrazole rings is 1. The molecule has 0 radical (unpaired) electrons. The first-order valence-corrected chi connectivity index (χ1v) is 8.01. The van der Waals surface area contributed by atoms with Gasteiger partial charge in [-0.15, -0.1) is 10.2 Å². The number of carbonyl (C=O) groups excluding carboxylic acids is 1. The lowest BCUT2D eigenvalue weighted by atomic mass is 10.2. The predicted octanol–water partition coefficient (Wildman–Crippen LogP) is 0.603. The SMILES string of the molecule is C[C@@H](C(=O)N1CCO[C@H](CC(=O)O)C1)n1nnc(-c2ccccc2)n1. The third-order valence-corrected chi connectivity index (χ3v) is 4.02. The zero-order valence-electron chi connectivity index (χ0n) is 13.8. The first kappa shape index (κ1) is 17.0. The Labute approximate surface area is 144 Å². The van der Waals surface area contributed by atoms with Crippen LogP contribution in [0, 0.1) is 0 Å². The van der Waals surface area contributed by atoms with E-state index in [4.69, 9.17) is 9.84 Å². The van der Waals surface area contributed by atoms with Gasteiger partial charge in [-0.2, -0.15) is 4.80 Å². The van der Waals surface area contributed by atoms with E-state index < -0.39 is 18.1 Å². The predicted molar refractivity (Wildman–Crippen MR) is 86.5 cm³/mol. The smallest absolute Gasteiger partial charge is 0.306 e. The van der Waals surface area contributed by atoms with Crippen LogP contribution in [0.4, 0.5) is 0 Å². The molecule has 0 spiro atoms. The second kappa shape index (κ2) is 7.39. The Morgan fingerprint density at radius 3 is 2.84 bits per heavy atom. The van der Waals surface area contributed by atoms with Gasteiger partial charge >= 0.3 is 5.97 Å². The van der Waals surface area contributed by atoms with Gasteiger partial charge in [0.25, 0.3) is 0 Å². The zero-order chi connectivity index (χ0) is 17.8. The molecule has 9 nitrogen and oxygen atoms in total. The number of benzene rings is 1. The van der Waals surface area contributed by atoms with E-state index in [-0.39, 0.29) is 18.9 Å². The summed E-state index contributed by atoms with van der Waals surface area (Å²) in [4.78, 5) is 26.4. The molecular weight excluding hydrogens is 326 g/mol. The molecule has 132 valence electrons. The quantitative estimate of drug-likeness (QED) is 0.845. The summed E-state index contributed by atoms with van der Waals surface area (Å²) in [6, 6.07) is 8.75. The summed E-state index contributed by atoms with van der Waals surface area (Å²) in [6.45, 7) is 2.67. The third kappa shape index (κ3) is 4.00. The lowest BCUT2D eigenvalue weighted by Crippen LogP contribution is -2.48. The summed E-state index contributed by atoms with van der Waals surface area (Å²) < 4.78 is 5.39. The highest BCUT2D eigenvalue weighted by molar-refractivity contribution is 5.80. The molecule has 9 heteroatoms. The molecule has 1 aliphatic heterocycles. The lowest BCUT2D eigenvalue weighted by Gasteiger charge is -2.33. The number of carboxylic acids is 1. The molecule has 2 aromatic rings. The average molecular weight is 345 g/mol. The van der Waals surface area contributed by atoms with E-state index in [9.17, 15) is 9.59 Å². The van der Waals surface area contributed by atoms with Crippen molar-refractivity contribution < 1.29 is 19.4 Å². The van der Waals surface area contributed by atoms with E-state index in [0.29, 0.717) is 19.0 Å². The van der Waals surface area contributed by atoms with Crippen molar-refractivity contribution in [1.29, 1.82) is 0 Å². The number of carbonyl (C=O) groups is 2. The molecule has 1 aromatic carbocycles. The summed E-state index contributed by atoms with van der Waals surface area (Å²) in [7, 11) is 0. The van der Waals surface area contributed by atoms with E-state index in [1.54, 1.807) is 11.8 Å². The summed E-state index contributed by atoms with van der Waals surface area (Å²) in [5, 5.41) is 21.1. The minimum absolute atomic E-state index is 0.127. The maximum Gasteiger partial charge on any atom is 0.306 e. The maximum atomic E-state index is 12.7. The van der Waals surface area contributed by atoms with E-state index in [1.807, 2.05) is 30.3 Å². The molecule has 1 aromatic heterocycles. The summed E-state index contributed by atoms with van der Waals surface area (Å²) in [6.07, 6.45) is -0.622. The van der Waals surface area contributed by atoms with Crippen LogP contribution in [0.25, 0.3) is 11.4 Å². The first-order chi connectivity index (χ1) is 12.0. The van der Waals surface area contributed by atoms with Crippen molar-refractivity contribution in [3.05, 3.63) is 30.3 Å². The molecule has 1 aliphatic rings. The summed E-state index contributed by atoms with van der Waals surface area (Å²) in [5.74, 6) is -0.681. The highest BCUT2D eigenvalue weighted by Gasteiger charge is 2.30. The van der Waals surface area contributed by atoms with Crippen molar-refractivity contribution in [2.75, 3.05) is 19.7 Å². The van der Waals surface area contributed by atoms with Crippen LogP contribution in [-0.2, 0) is 14.3 Å². The molecule has 2 heterocycles. The summed E-state index contributed by atoms with van der Waals surface area (Å²) in [5.41, 5.74) is 0.821. The number of hydrogen-bond acceptors (Lipinski definition) is 6. The average Bonchev–Trinajstić information content (AvgIpc) is 3.11. The van der Waals surface area contributed by atoms with Crippen LogP contribution in [-0.4, -0.2) is 67.9 Å². The number of hydrogen-bond donors (Lipinski definition) is 1. The van der Waals surface area contributed by atoms with Gasteiger partial charge in [-0.25, -0.2) is 0 Å². The van der Waals surface area contributed by atoms with Crippen LogP contribution in [0.5, 0.6) is 0 Å². The Balaban J connectivity index is 1.68. The number of aromatic nitrogens is 4. The van der Waals surface area contributed by atoms with Gasteiger partial charge in [0, 0.05) is 18.7 Å². The van der Waals surface area contributed by atoms with Gasteiger partial charge in [0.1, 0.15) is 6.04 Å². The minimum Gasteiger partial charge on any atom is -0.481 e. The molecular formula is C16H19N5O4. The Hall–Kier alpha value is -2.81. The van der Waals surface area contributed by atoms with Crippen molar-refractivity contribution in [3.63, 3.8) is 0 Å². The van der Waals surface area contributed by atoms with Crippen LogP contribution < -0.4 is 0 Å². The lowest BCUT2D eigenvalue weighted by molar-refractivity contribution is -0.149. The fraction of sp³-hybridized carbons (Fsp3) is 0.438. The topological polar surface area (TPSA) is 110 Å². The van der Waals surface area contributed by atoms with Crippen LogP contribution in [0.1, 0.15) is 19.4 Å². The number of nitrogens with zero attached hydrogens (tertiary/aromatic N) is 5. The highest BCUT2D eigenvalue weighted by atomic mass is 16.5. The van der Waals surface area contributed by atoms with Gasteiger partial charge in [0.05, 0.1) is 19.1 Å². The van der Waals surface area contributed by atoms with Crippen LogP contribution >= 0.6 is 0 Å². The van der Waals surface area contributed by atoms with Crippen LogP contribution in [0.3, 0.4) is 0 Å². The Bertz CT molecular complexity index is 748. The fourth-order valence-corrected chi connectivity index (χ4v) is 2.69. The van der Waals surface area contributed by atoms with Crippen molar-refractivity contribution in [2.45, 2.75) is 25.5 Å². The van der Waals surface area contributed by atoms with Gasteiger partial charge in [-0.1, -0.05) is 30.3 Å². The zero-order valence-corrected chi connectivity index (χ0v) is 13.8. The molecule has 2 atom stereocenters. The maximum absolute atomic E-state index is 12.7. The van der Waals surface area contributed by atoms with Crippen molar-refractivity contribution >= 4 is 11.9 Å². The molecule has 1 amide bonds. The van der Waals surface area contributed by atoms with E-state index in [2.05, 4.69) is 15.4 Å². The fourth-order valence-electron chi connectivity index (χ4n) is 2.69. The molecule has 3 rings (SSSR count). The number of amides is 1. The normalized spacial score (nSPS) is 18.8. The number of ether oxygens (including phenoxy) is 1. The van der Waals surface area contributed by atoms with Gasteiger partial charge < -0.3 is 14.7 Å². The Kier molecular flexibility index (Phi) is 5.03. The minimum atomic E-state index is -0.946. The molecule has 0 aliphatic carbocycles.